The van der Waals surface area contributed by atoms with Crippen molar-refractivity contribution in [1.82, 2.24) is 0 Å². The van der Waals surface area contributed by atoms with Gasteiger partial charge in [-0.3, -0.25) is 0 Å². The predicted molar refractivity (Wildman–Crippen MR) is 73.8 cm³/mol. The number of nitrogens with one attached hydrogen (secondary N) is 1. The van der Waals surface area contributed by atoms with E-state index in [-0.39, 0.29) is 0 Å². The van der Waals surface area contributed by atoms with E-state index in [1.807, 2.05) is 6.92 Å². The van der Waals surface area contributed by atoms with Gasteiger partial charge in [0.15, 0.2) is 0 Å². The van der Waals surface area contributed by atoms with Crippen molar-refractivity contribution in [3.05, 3.63) is 29.8 Å². The Morgan fingerprint density at radius 2 is 2.22 bits per heavy atom. The van der Waals surface area contributed by atoms with Gasteiger partial charge in [-0.1, -0.05) is 18.2 Å². The molecule has 1 heterocycles. The molecular weight excluding hydrogens is 226 g/mol. The summed E-state index contributed by atoms with van der Waals surface area (Å²) < 4.78 is 11.1. The average Bonchev–Trinajstić information content (AvgIpc) is 2.38. The van der Waals surface area contributed by atoms with Crippen LogP contribution in [0.5, 0.6) is 0 Å². The summed E-state index contributed by atoms with van der Waals surface area (Å²) in [4.78, 5) is 0. The molecule has 18 heavy (non-hydrogen) atoms. The highest BCUT2D eigenvalue weighted by Crippen LogP contribution is 2.22. The van der Waals surface area contributed by atoms with Gasteiger partial charge < -0.3 is 14.8 Å². The van der Waals surface area contributed by atoms with Crippen molar-refractivity contribution in [1.29, 1.82) is 0 Å². The molecule has 1 aromatic rings. The third-order valence-corrected chi connectivity index (χ3v) is 3.32. The van der Waals surface area contributed by atoms with Crippen molar-refractivity contribution < 1.29 is 9.47 Å². The third-order valence-electron chi connectivity index (χ3n) is 3.32. The maximum atomic E-state index is 5.58. The molecular formula is C15H23NO2. The summed E-state index contributed by atoms with van der Waals surface area (Å²) in [6.45, 7) is 6.45. The van der Waals surface area contributed by atoms with Gasteiger partial charge in [0.2, 0.25) is 0 Å². The first-order chi connectivity index (χ1) is 8.79. The van der Waals surface area contributed by atoms with E-state index in [2.05, 4.69) is 36.5 Å². The molecule has 1 N–H and O–H groups in total. The van der Waals surface area contributed by atoms with Gasteiger partial charge in [0.1, 0.15) is 0 Å². The normalized spacial score (nSPS) is 23.9. The summed E-state index contributed by atoms with van der Waals surface area (Å²) in [5.41, 5.74) is 2.43. The van der Waals surface area contributed by atoms with Gasteiger partial charge in [-0.25, -0.2) is 0 Å². The topological polar surface area (TPSA) is 30.5 Å². The molecule has 1 aliphatic heterocycles. The summed E-state index contributed by atoms with van der Waals surface area (Å²) in [6, 6.07) is 8.90. The molecule has 0 amide bonds. The van der Waals surface area contributed by atoms with Crippen molar-refractivity contribution in [2.24, 2.45) is 0 Å². The number of benzene rings is 1. The molecule has 3 nitrogen and oxygen atoms in total. The highest BCUT2D eigenvalue weighted by molar-refractivity contribution is 5.51. The average molecular weight is 249 g/mol. The zero-order valence-corrected chi connectivity index (χ0v) is 11.3. The van der Waals surface area contributed by atoms with Crippen molar-refractivity contribution in [3.63, 3.8) is 0 Å². The Balaban J connectivity index is 1.99. The fourth-order valence-electron chi connectivity index (χ4n) is 2.35. The Kier molecular flexibility index (Phi) is 5.02. The van der Waals surface area contributed by atoms with Gasteiger partial charge >= 0.3 is 0 Å². The maximum Gasteiger partial charge on any atom is 0.0736 e. The molecule has 2 rings (SSSR count). The summed E-state index contributed by atoms with van der Waals surface area (Å²) in [6.07, 6.45) is 2.51. The minimum Gasteiger partial charge on any atom is -0.382 e. The van der Waals surface area contributed by atoms with Gasteiger partial charge in [0.25, 0.3) is 0 Å². The van der Waals surface area contributed by atoms with E-state index >= 15 is 0 Å². The second kappa shape index (κ2) is 6.76. The fraction of sp³-hybridized carbons (Fsp3) is 0.600. The molecule has 3 heteroatoms. The molecule has 1 fully saturated rings. The summed E-state index contributed by atoms with van der Waals surface area (Å²) in [5, 5.41) is 3.63. The number of para-hydroxylation sites is 1. The van der Waals surface area contributed by atoms with Crippen LogP contribution in [0.2, 0.25) is 0 Å². The molecule has 0 bridgehead atoms. The number of rotatable bonds is 5. The zero-order chi connectivity index (χ0) is 12.8. The van der Waals surface area contributed by atoms with Crippen LogP contribution in [0.25, 0.3) is 0 Å². The van der Waals surface area contributed by atoms with Crippen molar-refractivity contribution in [3.8, 4) is 0 Å². The third kappa shape index (κ3) is 3.72. The van der Waals surface area contributed by atoms with Crippen LogP contribution >= 0.6 is 0 Å². The Morgan fingerprint density at radius 3 is 3.00 bits per heavy atom. The molecule has 1 saturated heterocycles. The lowest BCUT2D eigenvalue weighted by Gasteiger charge is -2.29. The molecule has 100 valence electrons. The Hall–Kier alpha value is -1.06. The van der Waals surface area contributed by atoms with Gasteiger partial charge in [-0.05, 0) is 32.8 Å². The van der Waals surface area contributed by atoms with Crippen LogP contribution < -0.4 is 5.32 Å². The minimum atomic E-state index is 0.357. The summed E-state index contributed by atoms with van der Waals surface area (Å²) in [7, 11) is 0. The number of anilines is 1. The quantitative estimate of drug-likeness (QED) is 0.869. The van der Waals surface area contributed by atoms with E-state index in [9.17, 15) is 0 Å². The van der Waals surface area contributed by atoms with E-state index in [4.69, 9.17) is 9.47 Å². The smallest absolute Gasteiger partial charge is 0.0736 e. The molecule has 2 unspecified atom stereocenters. The van der Waals surface area contributed by atoms with E-state index < -0.39 is 0 Å². The van der Waals surface area contributed by atoms with Gasteiger partial charge in [0, 0.05) is 30.5 Å². The highest BCUT2D eigenvalue weighted by atomic mass is 16.5. The standard InChI is InChI=1S/C15H23NO2/c1-3-17-11-13-6-4-5-7-15(13)16-14-8-9-18-12(2)10-14/h4-7,12,14,16H,3,8-11H2,1-2H3. The molecule has 0 aliphatic carbocycles. The molecule has 0 saturated carbocycles. The number of ether oxygens (including phenoxy) is 2. The van der Waals surface area contributed by atoms with Crippen LogP contribution in [0.15, 0.2) is 24.3 Å². The van der Waals surface area contributed by atoms with Crippen LogP contribution in [-0.2, 0) is 16.1 Å². The van der Waals surface area contributed by atoms with Crippen LogP contribution in [0.4, 0.5) is 5.69 Å². The SMILES string of the molecule is CCOCc1ccccc1NC1CCOC(C)C1. The summed E-state index contributed by atoms with van der Waals surface area (Å²) >= 11 is 0. The minimum absolute atomic E-state index is 0.357. The van der Waals surface area contributed by atoms with Crippen molar-refractivity contribution >= 4 is 5.69 Å². The molecule has 2 atom stereocenters. The van der Waals surface area contributed by atoms with Crippen LogP contribution in [0.3, 0.4) is 0 Å². The largest absolute Gasteiger partial charge is 0.382 e. The van der Waals surface area contributed by atoms with E-state index in [0.717, 1.165) is 26.1 Å². The van der Waals surface area contributed by atoms with Crippen LogP contribution in [0.1, 0.15) is 32.3 Å². The maximum absolute atomic E-state index is 5.58. The Morgan fingerprint density at radius 1 is 1.39 bits per heavy atom. The first kappa shape index (κ1) is 13.4. The highest BCUT2D eigenvalue weighted by Gasteiger charge is 2.19. The monoisotopic (exact) mass is 249 g/mol. The molecule has 0 spiro atoms. The first-order valence-corrected chi connectivity index (χ1v) is 6.83. The van der Waals surface area contributed by atoms with Gasteiger partial charge in [-0.2, -0.15) is 0 Å². The van der Waals surface area contributed by atoms with Gasteiger partial charge in [0.05, 0.1) is 12.7 Å². The number of hydrogen-bond acceptors (Lipinski definition) is 3. The lowest BCUT2D eigenvalue weighted by Crippen LogP contribution is -2.32. The lowest BCUT2D eigenvalue weighted by atomic mass is 10.0. The number of hydrogen-bond donors (Lipinski definition) is 1. The van der Waals surface area contributed by atoms with Crippen molar-refractivity contribution in [2.45, 2.75) is 45.4 Å². The molecule has 1 aromatic carbocycles. The second-order valence-corrected chi connectivity index (χ2v) is 4.84. The van der Waals surface area contributed by atoms with Crippen LogP contribution in [-0.4, -0.2) is 25.4 Å². The molecule has 1 aliphatic rings. The lowest BCUT2D eigenvalue weighted by molar-refractivity contribution is 0.0232. The molecule has 0 aromatic heterocycles. The Labute approximate surface area is 109 Å². The van der Waals surface area contributed by atoms with E-state index in [1.165, 1.54) is 11.3 Å². The zero-order valence-electron chi connectivity index (χ0n) is 11.3. The predicted octanol–water partition coefficient (Wildman–Crippen LogP) is 3.20. The Bertz CT molecular complexity index is 367. The summed E-state index contributed by atoms with van der Waals surface area (Å²) in [5.74, 6) is 0. The first-order valence-electron chi connectivity index (χ1n) is 6.83. The van der Waals surface area contributed by atoms with E-state index in [0.29, 0.717) is 18.8 Å². The van der Waals surface area contributed by atoms with Crippen LogP contribution in [0, 0.1) is 0 Å². The fourth-order valence-corrected chi connectivity index (χ4v) is 2.35. The van der Waals surface area contributed by atoms with E-state index in [1.54, 1.807) is 0 Å². The van der Waals surface area contributed by atoms with Gasteiger partial charge in [-0.15, -0.1) is 0 Å². The van der Waals surface area contributed by atoms with Crippen molar-refractivity contribution in [2.75, 3.05) is 18.5 Å². The molecule has 0 radical (unpaired) electrons. The second-order valence-electron chi connectivity index (χ2n) is 4.84.